The first-order valence-electron chi connectivity index (χ1n) is 8.80. The third-order valence-corrected chi connectivity index (χ3v) is 4.40. The normalized spacial score (nSPS) is 10.5. The van der Waals surface area contributed by atoms with Crippen molar-refractivity contribution in [2.45, 2.75) is 6.42 Å². The molecule has 0 atom stereocenters. The number of carbonyl (C=O) groups is 1. The molecule has 4 aromatic rings. The summed E-state index contributed by atoms with van der Waals surface area (Å²) in [7, 11) is 0. The van der Waals surface area contributed by atoms with Gasteiger partial charge >= 0.3 is 0 Å². The van der Waals surface area contributed by atoms with Crippen LogP contribution in [0.15, 0.2) is 79.4 Å². The number of anilines is 1. The number of amides is 1. The van der Waals surface area contributed by atoms with Crippen molar-refractivity contribution < 1.29 is 9.53 Å². The summed E-state index contributed by atoms with van der Waals surface area (Å²) in [5, 5.41) is 7.55. The number of hydrogen-bond donors (Lipinski definition) is 1. The second kappa shape index (κ2) is 8.53. The van der Waals surface area contributed by atoms with Crippen molar-refractivity contribution in [2.75, 3.05) is 5.32 Å². The molecular formula is C21H16ClN5O2. The molecule has 29 heavy (non-hydrogen) atoms. The van der Waals surface area contributed by atoms with Gasteiger partial charge in [0.15, 0.2) is 5.82 Å². The highest BCUT2D eigenvalue weighted by molar-refractivity contribution is 6.31. The van der Waals surface area contributed by atoms with Gasteiger partial charge in [-0.05, 0) is 42.0 Å². The lowest BCUT2D eigenvalue weighted by atomic mass is 10.1. The maximum atomic E-state index is 12.2. The zero-order valence-electron chi connectivity index (χ0n) is 15.2. The fourth-order valence-corrected chi connectivity index (χ4v) is 2.86. The minimum absolute atomic E-state index is 0.147. The molecule has 0 saturated carbocycles. The van der Waals surface area contributed by atoms with Gasteiger partial charge in [-0.25, -0.2) is 14.6 Å². The fraction of sp³-hybridized carbons (Fsp3) is 0.0476. The van der Waals surface area contributed by atoms with E-state index in [2.05, 4.69) is 20.4 Å². The number of nitrogens with zero attached hydrogens (tertiary/aromatic N) is 4. The summed E-state index contributed by atoms with van der Waals surface area (Å²) in [6, 6.07) is 17.8. The van der Waals surface area contributed by atoms with Gasteiger partial charge in [-0.1, -0.05) is 29.8 Å². The van der Waals surface area contributed by atoms with Crippen molar-refractivity contribution in [1.29, 1.82) is 0 Å². The largest absolute Gasteiger partial charge is 0.439 e. The van der Waals surface area contributed by atoms with E-state index in [9.17, 15) is 4.79 Å². The number of benzene rings is 2. The van der Waals surface area contributed by atoms with Gasteiger partial charge in [-0.3, -0.25) is 4.79 Å². The van der Waals surface area contributed by atoms with Crippen LogP contribution in [0.2, 0.25) is 5.02 Å². The molecule has 0 aliphatic heterocycles. The average molecular weight is 406 g/mol. The Morgan fingerprint density at radius 2 is 1.90 bits per heavy atom. The van der Waals surface area contributed by atoms with E-state index in [4.69, 9.17) is 16.3 Å². The van der Waals surface area contributed by atoms with Crippen LogP contribution in [-0.4, -0.2) is 25.7 Å². The number of carbonyl (C=O) groups excluding carboxylic acids is 1. The molecule has 8 heteroatoms. The summed E-state index contributed by atoms with van der Waals surface area (Å²) in [4.78, 5) is 20.5. The molecule has 0 spiro atoms. The first-order valence-corrected chi connectivity index (χ1v) is 9.18. The summed E-state index contributed by atoms with van der Waals surface area (Å²) in [6.07, 6.45) is 5.07. The van der Waals surface area contributed by atoms with Crippen LogP contribution in [-0.2, 0) is 11.2 Å². The maximum Gasteiger partial charge on any atom is 0.228 e. The van der Waals surface area contributed by atoms with Crippen molar-refractivity contribution in [2.24, 2.45) is 0 Å². The van der Waals surface area contributed by atoms with Crippen LogP contribution in [0.4, 0.5) is 5.69 Å². The van der Waals surface area contributed by atoms with Crippen LogP contribution in [0.1, 0.15) is 5.56 Å². The van der Waals surface area contributed by atoms with Crippen molar-refractivity contribution in [3.05, 3.63) is 90.0 Å². The summed E-state index contributed by atoms with van der Waals surface area (Å²) in [6.45, 7) is 0. The van der Waals surface area contributed by atoms with Gasteiger partial charge in [0.2, 0.25) is 11.8 Å². The third kappa shape index (κ3) is 4.77. The van der Waals surface area contributed by atoms with Gasteiger partial charge in [0.1, 0.15) is 12.1 Å². The minimum atomic E-state index is -0.147. The molecule has 2 heterocycles. The molecule has 0 unspecified atom stereocenters. The highest BCUT2D eigenvalue weighted by Crippen LogP contribution is 2.23. The zero-order valence-corrected chi connectivity index (χ0v) is 16.0. The molecular weight excluding hydrogens is 390 g/mol. The summed E-state index contributed by atoms with van der Waals surface area (Å²) in [5.41, 5.74) is 1.44. The first-order chi connectivity index (χ1) is 14.2. The van der Waals surface area contributed by atoms with Crippen LogP contribution in [0.5, 0.6) is 11.6 Å². The van der Waals surface area contributed by atoms with Crippen LogP contribution < -0.4 is 10.1 Å². The van der Waals surface area contributed by atoms with E-state index in [1.165, 1.54) is 6.33 Å². The van der Waals surface area contributed by atoms with E-state index < -0.39 is 0 Å². The standard InChI is InChI=1S/C21H16ClN5O2/c22-18-5-2-1-4-15(18)12-20(28)26-16-6-8-17(9-7-16)29-21-13-19(23-14-24-21)27-11-3-10-25-27/h1-11,13-14H,12H2,(H,26,28). The quantitative estimate of drug-likeness (QED) is 0.517. The Morgan fingerprint density at radius 1 is 1.07 bits per heavy atom. The molecule has 0 aliphatic rings. The lowest BCUT2D eigenvalue weighted by Gasteiger charge is -2.09. The number of ether oxygens (including phenoxy) is 1. The van der Waals surface area contributed by atoms with Crippen molar-refractivity contribution >= 4 is 23.2 Å². The van der Waals surface area contributed by atoms with E-state index in [-0.39, 0.29) is 12.3 Å². The topological polar surface area (TPSA) is 81.9 Å². The van der Waals surface area contributed by atoms with Gasteiger partial charge in [-0.15, -0.1) is 0 Å². The Hall–Kier alpha value is -3.71. The molecule has 2 aromatic carbocycles. The number of hydrogen-bond acceptors (Lipinski definition) is 5. The lowest BCUT2D eigenvalue weighted by molar-refractivity contribution is -0.115. The van der Waals surface area contributed by atoms with Crippen molar-refractivity contribution in [3.8, 4) is 17.4 Å². The van der Waals surface area contributed by atoms with E-state index in [1.807, 2.05) is 18.2 Å². The second-order valence-corrected chi connectivity index (χ2v) is 6.52. The average Bonchev–Trinajstić information content (AvgIpc) is 3.26. The van der Waals surface area contributed by atoms with Gasteiger partial charge in [0, 0.05) is 29.2 Å². The van der Waals surface area contributed by atoms with E-state index in [0.29, 0.717) is 28.2 Å². The molecule has 2 aromatic heterocycles. The van der Waals surface area contributed by atoms with Crippen LogP contribution in [0, 0.1) is 0 Å². The highest BCUT2D eigenvalue weighted by atomic mass is 35.5. The number of rotatable bonds is 6. The maximum absolute atomic E-state index is 12.2. The third-order valence-electron chi connectivity index (χ3n) is 4.04. The monoisotopic (exact) mass is 405 g/mol. The fourth-order valence-electron chi connectivity index (χ4n) is 2.66. The Bertz CT molecular complexity index is 1110. The molecule has 0 saturated heterocycles. The minimum Gasteiger partial charge on any atom is -0.439 e. The number of halogens is 1. The van der Waals surface area contributed by atoms with Crippen LogP contribution >= 0.6 is 11.6 Å². The number of nitrogens with one attached hydrogen (secondary N) is 1. The van der Waals surface area contributed by atoms with Gasteiger partial charge in [0.25, 0.3) is 0 Å². The van der Waals surface area contributed by atoms with E-state index in [0.717, 1.165) is 5.56 Å². The van der Waals surface area contributed by atoms with E-state index in [1.54, 1.807) is 59.5 Å². The molecule has 7 nitrogen and oxygen atoms in total. The predicted octanol–water partition coefficient (Wildman–Crippen LogP) is 4.29. The molecule has 144 valence electrons. The lowest BCUT2D eigenvalue weighted by Crippen LogP contribution is -2.14. The van der Waals surface area contributed by atoms with Gasteiger partial charge < -0.3 is 10.1 Å². The zero-order chi connectivity index (χ0) is 20.1. The van der Waals surface area contributed by atoms with Gasteiger partial charge in [0.05, 0.1) is 6.42 Å². The smallest absolute Gasteiger partial charge is 0.228 e. The summed E-state index contributed by atoms with van der Waals surface area (Å²) >= 11 is 6.10. The Labute approximate surface area is 172 Å². The van der Waals surface area contributed by atoms with Gasteiger partial charge in [-0.2, -0.15) is 5.10 Å². The second-order valence-electron chi connectivity index (χ2n) is 6.11. The molecule has 0 aliphatic carbocycles. The predicted molar refractivity (Wildman–Crippen MR) is 109 cm³/mol. The SMILES string of the molecule is O=C(Cc1ccccc1Cl)Nc1ccc(Oc2cc(-n3cccn3)ncn2)cc1. The molecule has 0 fully saturated rings. The molecule has 4 rings (SSSR count). The van der Waals surface area contributed by atoms with Crippen LogP contribution in [0.3, 0.4) is 0 Å². The Balaban J connectivity index is 1.39. The Morgan fingerprint density at radius 3 is 2.66 bits per heavy atom. The molecule has 1 N–H and O–H groups in total. The molecule has 0 bridgehead atoms. The first kappa shape index (κ1) is 18.6. The van der Waals surface area contributed by atoms with Crippen LogP contribution in [0.25, 0.3) is 5.82 Å². The summed E-state index contributed by atoms with van der Waals surface area (Å²) in [5.74, 6) is 1.43. The molecule has 1 amide bonds. The van der Waals surface area contributed by atoms with E-state index >= 15 is 0 Å². The Kier molecular flexibility index (Phi) is 5.49. The highest BCUT2D eigenvalue weighted by Gasteiger charge is 2.08. The summed E-state index contributed by atoms with van der Waals surface area (Å²) < 4.78 is 7.38. The number of aromatic nitrogens is 4. The van der Waals surface area contributed by atoms with Crippen molar-refractivity contribution in [3.63, 3.8) is 0 Å². The molecule has 0 radical (unpaired) electrons. The van der Waals surface area contributed by atoms with Crippen molar-refractivity contribution in [1.82, 2.24) is 19.7 Å².